The lowest BCUT2D eigenvalue weighted by Gasteiger charge is -2.12. The van der Waals surface area contributed by atoms with Crippen molar-refractivity contribution in [2.24, 2.45) is 0 Å². The lowest BCUT2D eigenvalue weighted by Crippen LogP contribution is -1.92. The zero-order chi connectivity index (χ0) is 12.5. The van der Waals surface area contributed by atoms with E-state index in [1.54, 1.807) is 6.26 Å². The number of rotatable bonds is 2. The van der Waals surface area contributed by atoms with E-state index in [1.807, 2.05) is 18.2 Å². The van der Waals surface area contributed by atoms with Gasteiger partial charge < -0.3 is 4.42 Å². The molecule has 3 rings (SSSR count). The first-order valence-electron chi connectivity index (χ1n) is 5.62. The van der Waals surface area contributed by atoms with Crippen LogP contribution in [0.1, 0.15) is 16.2 Å². The third-order valence-electron chi connectivity index (χ3n) is 2.97. The normalized spacial score (nSPS) is 12.8. The highest BCUT2D eigenvalue weighted by atomic mass is 79.9. The van der Waals surface area contributed by atoms with Crippen LogP contribution in [-0.4, -0.2) is 0 Å². The van der Waals surface area contributed by atoms with E-state index >= 15 is 0 Å². The second-order valence-corrected chi connectivity index (χ2v) is 5.83. The van der Waals surface area contributed by atoms with Crippen molar-refractivity contribution in [2.45, 2.75) is 4.83 Å². The highest BCUT2D eigenvalue weighted by Crippen LogP contribution is 2.37. The van der Waals surface area contributed by atoms with Crippen molar-refractivity contribution in [2.75, 3.05) is 0 Å². The fourth-order valence-corrected chi connectivity index (χ4v) is 3.23. The standard InChI is InChI=1S/C15H10Br2O/c16-13-8-7-12(10-4-1-2-5-11(10)13)15(17)14-6-3-9-18-14/h1-9,15H. The summed E-state index contributed by atoms with van der Waals surface area (Å²) in [6, 6.07) is 16.4. The average molecular weight is 366 g/mol. The molecule has 18 heavy (non-hydrogen) atoms. The summed E-state index contributed by atoms with van der Waals surface area (Å²) in [7, 11) is 0. The summed E-state index contributed by atoms with van der Waals surface area (Å²) >= 11 is 7.30. The Balaban J connectivity index is 2.21. The van der Waals surface area contributed by atoms with Crippen LogP contribution in [0.4, 0.5) is 0 Å². The number of benzene rings is 2. The van der Waals surface area contributed by atoms with Crippen LogP contribution in [-0.2, 0) is 0 Å². The number of halogens is 2. The van der Waals surface area contributed by atoms with Gasteiger partial charge >= 0.3 is 0 Å². The molecule has 1 unspecified atom stereocenters. The molecule has 3 heteroatoms. The molecular weight excluding hydrogens is 356 g/mol. The quantitative estimate of drug-likeness (QED) is 0.532. The van der Waals surface area contributed by atoms with Gasteiger partial charge in [0.2, 0.25) is 0 Å². The molecule has 0 aliphatic heterocycles. The summed E-state index contributed by atoms with van der Waals surface area (Å²) < 4.78 is 6.58. The minimum atomic E-state index is 0.0745. The Morgan fingerprint density at radius 2 is 1.67 bits per heavy atom. The van der Waals surface area contributed by atoms with Crippen molar-refractivity contribution in [3.8, 4) is 0 Å². The van der Waals surface area contributed by atoms with Gasteiger partial charge in [-0.2, -0.15) is 0 Å². The zero-order valence-electron chi connectivity index (χ0n) is 9.44. The highest BCUT2D eigenvalue weighted by Gasteiger charge is 2.16. The predicted molar refractivity (Wildman–Crippen MR) is 81.1 cm³/mol. The maximum absolute atomic E-state index is 5.47. The lowest BCUT2D eigenvalue weighted by atomic mass is 10.0. The van der Waals surface area contributed by atoms with E-state index < -0.39 is 0 Å². The molecule has 1 nitrogen and oxygen atoms in total. The Labute approximate surface area is 122 Å². The molecule has 0 aliphatic rings. The smallest absolute Gasteiger partial charge is 0.121 e. The van der Waals surface area contributed by atoms with E-state index in [0.29, 0.717) is 0 Å². The Morgan fingerprint density at radius 1 is 0.889 bits per heavy atom. The summed E-state index contributed by atoms with van der Waals surface area (Å²) in [5.74, 6) is 0.919. The van der Waals surface area contributed by atoms with Crippen molar-refractivity contribution >= 4 is 42.6 Å². The summed E-state index contributed by atoms with van der Waals surface area (Å²) in [6.07, 6.45) is 1.70. The first kappa shape index (κ1) is 12.0. The third-order valence-corrected chi connectivity index (χ3v) is 4.61. The van der Waals surface area contributed by atoms with Crippen LogP contribution in [0.2, 0.25) is 0 Å². The molecule has 0 saturated heterocycles. The fourth-order valence-electron chi connectivity index (χ4n) is 2.10. The Morgan fingerprint density at radius 3 is 2.39 bits per heavy atom. The molecule has 2 aromatic carbocycles. The maximum Gasteiger partial charge on any atom is 0.121 e. The molecule has 0 spiro atoms. The van der Waals surface area contributed by atoms with Gasteiger partial charge in [-0.3, -0.25) is 0 Å². The van der Waals surface area contributed by atoms with Crippen molar-refractivity contribution in [3.63, 3.8) is 0 Å². The van der Waals surface area contributed by atoms with Crippen LogP contribution >= 0.6 is 31.9 Å². The number of fused-ring (bicyclic) bond motifs is 1. The molecule has 0 bridgehead atoms. The van der Waals surface area contributed by atoms with Crippen LogP contribution in [0.5, 0.6) is 0 Å². The van der Waals surface area contributed by atoms with Gasteiger partial charge in [0.05, 0.1) is 11.1 Å². The minimum Gasteiger partial charge on any atom is -0.468 e. The topological polar surface area (TPSA) is 13.1 Å². The van der Waals surface area contributed by atoms with Crippen LogP contribution < -0.4 is 0 Å². The first-order chi connectivity index (χ1) is 8.77. The summed E-state index contributed by atoms with van der Waals surface area (Å²) in [6.45, 7) is 0. The molecule has 0 aliphatic carbocycles. The van der Waals surface area contributed by atoms with Crippen molar-refractivity contribution in [1.29, 1.82) is 0 Å². The predicted octanol–water partition coefficient (Wildman–Crippen LogP) is 5.68. The summed E-state index contributed by atoms with van der Waals surface area (Å²) in [4.78, 5) is 0.0745. The molecule has 0 amide bonds. The summed E-state index contributed by atoms with van der Waals surface area (Å²) in [5, 5.41) is 2.44. The average Bonchev–Trinajstić information content (AvgIpc) is 2.93. The molecule has 3 aromatic rings. The molecule has 90 valence electrons. The first-order valence-corrected chi connectivity index (χ1v) is 7.33. The zero-order valence-corrected chi connectivity index (χ0v) is 12.6. The molecule has 1 atom stereocenters. The van der Waals surface area contributed by atoms with E-state index in [0.717, 1.165) is 10.2 Å². The third kappa shape index (κ3) is 2.02. The van der Waals surface area contributed by atoms with Gasteiger partial charge in [0.15, 0.2) is 0 Å². The van der Waals surface area contributed by atoms with Crippen molar-refractivity contribution < 1.29 is 4.42 Å². The van der Waals surface area contributed by atoms with Crippen LogP contribution in [0.25, 0.3) is 10.8 Å². The fraction of sp³-hybridized carbons (Fsp3) is 0.0667. The SMILES string of the molecule is Brc1ccc(C(Br)c2ccco2)c2ccccc12. The largest absolute Gasteiger partial charge is 0.468 e. The van der Waals surface area contributed by atoms with E-state index in [1.165, 1.54) is 16.3 Å². The second kappa shape index (κ2) is 4.90. The molecule has 0 fully saturated rings. The van der Waals surface area contributed by atoms with Crippen molar-refractivity contribution in [3.05, 3.63) is 70.6 Å². The Kier molecular flexibility index (Phi) is 3.27. The number of alkyl halides is 1. The molecule has 1 heterocycles. The Hall–Kier alpha value is -1.06. The molecular formula is C15H10Br2O. The summed E-state index contributed by atoms with van der Waals surface area (Å²) in [5.41, 5.74) is 1.21. The number of furan rings is 1. The molecule has 1 aromatic heterocycles. The Bertz CT molecular complexity index is 674. The van der Waals surface area contributed by atoms with Gasteiger partial charge in [0, 0.05) is 4.47 Å². The van der Waals surface area contributed by atoms with E-state index in [2.05, 4.69) is 62.2 Å². The van der Waals surface area contributed by atoms with Gasteiger partial charge in [-0.15, -0.1) is 0 Å². The molecule has 0 radical (unpaired) electrons. The second-order valence-electron chi connectivity index (χ2n) is 4.06. The molecule has 0 saturated carbocycles. The maximum atomic E-state index is 5.47. The van der Waals surface area contributed by atoms with Crippen LogP contribution in [0, 0.1) is 0 Å². The molecule has 0 N–H and O–H groups in total. The van der Waals surface area contributed by atoms with Gasteiger partial charge in [0.25, 0.3) is 0 Å². The van der Waals surface area contributed by atoms with Gasteiger partial charge in [-0.1, -0.05) is 62.2 Å². The number of hydrogen-bond donors (Lipinski definition) is 0. The van der Waals surface area contributed by atoms with Crippen LogP contribution in [0.3, 0.4) is 0 Å². The van der Waals surface area contributed by atoms with Crippen molar-refractivity contribution in [1.82, 2.24) is 0 Å². The highest BCUT2D eigenvalue weighted by molar-refractivity contribution is 9.10. The van der Waals surface area contributed by atoms with Gasteiger partial charge in [0.1, 0.15) is 5.76 Å². The van der Waals surface area contributed by atoms with Gasteiger partial charge in [-0.25, -0.2) is 0 Å². The number of hydrogen-bond acceptors (Lipinski definition) is 1. The van der Waals surface area contributed by atoms with Crippen LogP contribution in [0.15, 0.2) is 63.7 Å². The van der Waals surface area contributed by atoms with E-state index in [9.17, 15) is 0 Å². The minimum absolute atomic E-state index is 0.0745. The monoisotopic (exact) mass is 364 g/mol. The lowest BCUT2D eigenvalue weighted by molar-refractivity contribution is 0.520. The van der Waals surface area contributed by atoms with E-state index in [4.69, 9.17) is 4.42 Å². The van der Waals surface area contributed by atoms with E-state index in [-0.39, 0.29) is 4.83 Å². The van der Waals surface area contributed by atoms with Gasteiger partial charge in [-0.05, 0) is 34.5 Å².